The number of methoxy groups -OCH3 is 1. The average Bonchev–Trinajstić information content (AvgIpc) is 1.59. The molecule has 135 heavy (non-hydrogen) atoms. The van der Waals surface area contributed by atoms with E-state index in [1.54, 1.807) is 48.8 Å². The van der Waals surface area contributed by atoms with Gasteiger partial charge < -0.3 is 51.6 Å². The standard InChI is InChI=1S/C103H113F2N15O14S/c1-6-62-76(112-94(127)85(62)104)51-134-96-71-38-57-39-75(111-91(124)68(57)40-67(71)56(47-107-96)24-22-52-14-18-54(19-15-52)49-117(3)60-30-34-102(35-31-60)43-58(44-102)109-73-12-8-10-65-83(73)100(131)119(98(65)129)77-26-28-81(121)113-92(77)125)87-64(69-41-72(90(106)123)79(133-5)42-70(69)89(115-87)97-108-48-80(135-97)88-63(7-2)86(105)95(128)116-88)25-23-53-16-20-55(21-17-53)50-118(4)61-32-36-103(37-33-61)45-59(46-103)110-74-13-9-11-66-84(74)101(132)120(99(66)130)78-27-29-82(122)114-93(78)126/h8-13,38,40-42,47-48,52-55,58-63,75-78,85-86,88,109-110H,6-7,14-21,26-37,39,43-46,49-51H2,1-5H3,(H2,106,123)(H,111,124)(H,112,127)(H,116,128)(H,113,121,125)(H,114,122,126)/t52?,53?,54?,55?,58?,59?,60?,61?,62?,63-,75?,76?,77?,78?,85+,86?,88?,102?,103?/m1/s1. The lowest BCUT2D eigenvalue weighted by Gasteiger charge is -2.53. The summed E-state index contributed by atoms with van der Waals surface area (Å²) in [6.45, 7) is 5.50. The summed E-state index contributed by atoms with van der Waals surface area (Å²) in [4.78, 5) is 182. The molecule has 4 saturated heterocycles. The normalized spacial score (nSPS) is 30.4. The number of fused-ring (bicyclic) bond motifs is 5. The Kier molecular flexibility index (Phi) is 24.5. The number of nitrogens with zero attached hydrogens (tertiary/aromatic N) is 7. The van der Waals surface area contributed by atoms with E-state index in [0.29, 0.717) is 113 Å². The van der Waals surface area contributed by atoms with E-state index in [-0.39, 0.29) is 113 Å². The second kappa shape index (κ2) is 36.5. The zero-order chi connectivity index (χ0) is 93.9. The van der Waals surface area contributed by atoms with E-state index in [4.69, 9.17) is 30.2 Å². The summed E-state index contributed by atoms with van der Waals surface area (Å²) in [5.74, 6) is 7.75. The number of ether oxygens (including phenoxy) is 2. The summed E-state index contributed by atoms with van der Waals surface area (Å²) in [7, 11) is 5.94. The zero-order valence-electron chi connectivity index (χ0n) is 76.5. The predicted molar refractivity (Wildman–Crippen MR) is 498 cm³/mol. The number of alkyl halides is 2. The highest BCUT2D eigenvalue weighted by molar-refractivity contribution is 7.15. The highest BCUT2D eigenvalue weighted by atomic mass is 32.1. The monoisotopic (exact) mass is 1850 g/mol. The Hall–Kier alpha value is -12.1. The zero-order valence-corrected chi connectivity index (χ0v) is 77.4. The van der Waals surface area contributed by atoms with Gasteiger partial charge in [-0.25, -0.2) is 23.7 Å². The Morgan fingerprint density at radius 2 is 1.13 bits per heavy atom. The number of nitrogens with one attached hydrogen (secondary N) is 7. The van der Waals surface area contributed by atoms with Crippen LogP contribution in [-0.4, -0.2) is 201 Å². The maximum atomic E-state index is 15.6. The first kappa shape index (κ1) is 90.7. The first-order valence-electron chi connectivity index (χ1n) is 48.4. The summed E-state index contributed by atoms with van der Waals surface area (Å²) in [5, 5.41) is 23.3. The van der Waals surface area contributed by atoms with Crippen molar-refractivity contribution < 1.29 is 75.8 Å². The van der Waals surface area contributed by atoms with Gasteiger partial charge in [0.25, 0.3) is 47.3 Å². The second-order valence-corrected chi connectivity index (χ2v) is 41.6. The largest absolute Gasteiger partial charge is 0.496 e. The van der Waals surface area contributed by atoms with Crippen molar-refractivity contribution in [3.05, 3.63) is 134 Å². The topological polar surface area (TPSA) is 385 Å². The summed E-state index contributed by atoms with van der Waals surface area (Å²) in [6, 6.07) is 14.4. The number of hydrogen-bond donors (Lipinski definition) is 8. The van der Waals surface area contributed by atoms with E-state index in [2.05, 4.69) is 84.8 Å². The van der Waals surface area contributed by atoms with Gasteiger partial charge in [0, 0.05) is 130 Å². The minimum absolute atomic E-state index is 0.0368. The van der Waals surface area contributed by atoms with Gasteiger partial charge in [-0.05, 0) is 251 Å². The molecule has 32 heteroatoms. The van der Waals surface area contributed by atoms with Crippen LogP contribution in [0.4, 0.5) is 20.2 Å². The van der Waals surface area contributed by atoms with Gasteiger partial charge in [-0.3, -0.25) is 78.0 Å². The Labute approximate surface area is 785 Å². The molecule has 9 N–H and O–H groups in total. The number of hydrogen-bond acceptors (Lipinski definition) is 22. The lowest BCUT2D eigenvalue weighted by molar-refractivity contribution is -0.137. The molecule has 7 aliphatic heterocycles. The van der Waals surface area contributed by atoms with Crippen LogP contribution in [0, 0.1) is 70.0 Å². The van der Waals surface area contributed by atoms with E-state index in [0.717, 1.165) is 151 Å². The lowest BCUT2D eigenvalue weighted by Crippen LogP contribution is -2.54. The number of halogens is 2. The molecule has 10 heterocycles. The smallest absolute Gasteiger partial charge is 0.264 e. The fourth-order valence-corrected chi connectivity index (χ4v) is 25.9. The maximum Gasteiger partial charge on any atom is 0.264 e. The van der Waals surface area contributed by atoms with Gasteiger partial charge in [0.1, 0.15) is 35.1 Å². The number of carbonyl (C=O) groups is 12. The molecule has 12 amide bonds. The number of primary amides is 1. The molecule has 20 rings (SSSR count). The van der Waals surface area contributed by atoms with Gasteiger partial charge in [0.2, 0.25) is 29.5 Å². The van der Waals surface area contributed by atoms with E-state index >= 15 is 13.6 Å². The third kappa shape index (κ3) is 17.0. The van der Waals surface area contributed by atoms with E-state index in [1.807, 2.05) is 38.1 Å². The molecule has 704 valence electrons. The first-order valence-corrected chi connectivity index (χ1v) is 49.2. The van der Waals surface area contributed by atoms with Crippen LogP contribution < -0.4 is 52.4 Å². The van der Waals surface area contributed by atoms with Crippen LogP contribution in [0.1, 0.15) is 282 Å². The third-order valence-corrected chi connectivity index (χ3v) is 33.5. The minimum Gasteiger partial charge on any atom is -0.496 e. The quantitative estimate of drug-likeness (QED) is 0.0231. The number of benzene rings is 4. The van der Waals surface area contributed by atoms with Crippen molar-refractivity contribution in [1.82, 2.24) is 61.1 Å². The van der Waals surface area contributed by atoms with Gasteiger partial charge in [0.15, 0.2) is 12.3 Å². The van der Waals surface area contributed by atoms with Crippen LogP contribution in [0.3, 0.4) is 0 Å². The van der Waals surface area contributed by atoms with Crippen molar-refractivity contribution in [2.24, 2.45) is 52.1 Å². The number of nitrogens with two attached hydrogens (primary N) is 1. The Bertz CT molecular complexity index is 6230. The molecule has 7 aromatic rings. The Morgan fingerprint density at radius 3 is 1.67 bits per heavy atom. The number of aromatic nitrogens is 3. The molecular weight excluding hydrogens is 1740 g/mol. The van der Waals surface area contributed by atoms with Crippen LogP contribution in [0.25, 0.3) is 32.2 Å². The molecule has 0 bridgehead atoms. The highest BCUT2D eigenvalue weighted by Crippen LogP contribution is 2.56. The summed E-state index contributed by atoms with van der Waals surface area (Å²) in [6.07, 6.45) is 20.8. The van der Waals surface area contributed by atoms with E-state index < -0.39 is 125 Å². The number of carbonyl (C=O) groups excluding carboxylic acids is 12. The van der Waals surface area contributed by atoms with Crippen LogP contribution in [0.2, 0.25) is 0 Å². The van der Waals surface area contributed by atoms with Crippen LogP contribution >= 0.6 is 11.3 Å². The van der Waals surface area contributed by atoms with Gasteiger partial charge in [-0.2, -0.15) is 0 Å². The summed E-state index contributed by atoms with van der Waals surface area (Å²) in [5.41, 5.74) is 11.7. The van der Waals surface area contributed by atoms with Crippen molar-refractivity contribution in [1.29, 1.82) is 0 Å². The molecule has 2 spiro atoms. The highest BCUT2D eigenvalue weighted by Gasteiger charge is 2.54. The number of anilines is 2. The second-order valence-electron chi connectivity index (χ2n) is 40.5. The van der Waals surface area contributed by atoms with E-state index in [1.165, 1.54) is 18.4 Å². The van der Waals surface area contributed by atoms with Crippen LogP contribution in [-0.2, 0) is 35.2 Å². The Balaban J connectivity index is 0.522. The fourth-order valence-electron chi connectivity index (χ4n) is 24.9. The number of piperidine rings is 2. The van der Waals surface area contributed by atoms with Crippen molar-refractivity contribution in [2.45, 2.75) is 254 Å². The molecule has 6 saturated carbocycles. The van der Waals surface area contributed by atoms with Crippen molar-refractivity contribution in [3.63, 3.8) is 0 Å². The molecule has 10 fully saturated rings. The fraction of sp³-hybridized carbons (Fsp3) is 0.524. The number of thiazole rings is 1. The summed E-state index contributed by atoms with van der Waals surface area (Å²) < 4.78 is 43.5. The average molecular weight is 1860 g/mol. The number of imide groups is 4. The van der Waals surface area contributed by atoms with Crippen LogP contribution in [0.15, 0.2) is 73.1 Å². The molecular formula is C103H113F2N15O14S. The predicted octanol–water partition coefficient (Wildman–Crippen LogP) is 12.2. The van der Waals surface area contributed by atoms with Gasteiger partial charge in [-0.1, -0.05) is 49.7 Å². The van der Waals surface area contributed by atoms with Crippen LogP contribution in [0.5, 0.6) is 11.6 Å². The molecule has 4 aromatic carbocycles. The first-order chi connectivity index (χ1) is 65.1. The minimum atomic E-state index is -1.72. The molecule has 6 aliphatic carbocycles. The molecule has 3 aromatic heterocycles. The summed E-state index contributed by atoms with van der Waals surface area (Å²) >= 11 is 1.25. The third-order valence-electron chi connectivity index (χ3n) is 32.4. The van der Waals surface area contributed by atoms with Crippen molar-refractivity contribution in [3.8, 4) is 46.0 Å². The number of rotatable bonds is 22. The number of pyridine rings is 2. The molecule has 13 aliphatic rings. The van der Waals surface area contributed by atoms with Crippen molar-refractivity contribution >= 4 is 115 Å². The van der Waals surface area contributed by atoms with Crippen molar-refractivity contribution in [2.75, 3.05) is 51.5 Å². The van der Waals surface area contributed by atoms with Gasteiger partial charge >= 0.3 is 0 Å². The SMILES string of the molecule is CCC1C(COc2ncc(C#CC3CCC(CN(C)C4CCC5(CC4)CC(Nc4cccc6c4C(=O)N(C4CCC(=O)NC4=O)C6=O)C5)CC3)c3cc4c(cc23)CC(c2nc(-c3ncc(C5NC(=O)C(F)[C@H]5CC)s3)c3cc(OC)c(C(N)=O)cc3c2C#CC2CCC(CN(C)C3CCC5(CC3)CC(Nc3cccc6c3C(=O)N(C3CCC(=O)NC3=O)C6=O)C5)CC2)NC4=O)NC(=O)[C@H]1F. The van der Waals surface area contributed by atoms with Gasteiger partial charge in [-0.15, -0.1) is 11.3 Å². The molecule has 29 nitrogen and oxygen atoms in total. The van der Waals surface area contributed by atoms with E-state index in [9.17, 15) is 52.7 Å². The lowest BCUT2D eigenvalue weighted by atomic mass is 9.57. The molecule has 9 atom stereocenters. The van der Waals surface area contributed by atoms with Gasteiger partial charge in [0.05, 0.1) is 69.9 Å². The Morgan fingerprint density at radius 1 is 0.593 bits per heavy atom. The maximum absolute atomic E-state index is 15.6. The molecule has 0 radical (unpaired) electrons. The molecule has 7 unspecified atom stereocenters. The number of amides is 12.